The summed E-state index contributed by atoms with van der Waals surface area (Å²) >= 11 is 0. The average molecular weight is 197 g/mol. The average Bonchev–Trinajstić information content (AvgIpc) is 2.61. The molecule has 1 heterocycles. The van der Waals surface area contributed by atoms with Crippen molar-refractivity contribution < 1.29 is 9.52 Å². The van der Waals surface area contributed by atoms with Gasteiger partial charge in [0.25, 0.3) is 0 Å². The Morgan fingerprint density at radius 2 is 2.21 bits per heavy atom. The van der Waals surface area contributed by atoms with Gasteiger partial charge in [-0.3, -0.25) is 0 Å². The van der Waals surface area contributed by atoms with Crippen LogP contribution in [0.1, 0.15) is 37.8 Å². The van der Waals surface area contributed by atoms with E-state index in [1.165, 1.54) is 0 Å². The van der Waals surface area contributed by atoms with Crippen molar-refractivity contribution in [3.8, 4) is 0 Å². The Morgan fingerprint density at radius 3 is 2.64 bits per heavy atom. The predicted molar refractivity (Wildman–Crippen MR) is 56.2 cm³/mol. The van der Waals surface area contributed by atoms with Crippen molar-refractivity contribution in [3.63, 3.8) is 0 Å². The maximum Gasteiger partial charge on any atom is 0.120 e. The summed E-state index contributed by atoms with van der Waals surface area (Å²) in [6, 6.07) is 4.22. The van der Waals surface area contributed by atoms with Gasteiger partial charge in [0.15, 0.2) is 0 Å². The Balaban J connectivity index is 2.53. The van der Waals surface area contributed by atoms with E-state index in [1.807, 2.05) is 32.9 Å². The number of nitrogens with one attached hydrogen (secondary N) is 1. The number of furan rings is 1. The molecule has 0 saturated carbocycles. The summed E-state index contributed by atoms with van der Waals surface area (Å²) in [4.78, 5) is 0. The van der Waals surface area contributed by atoms with Crippen LogP contribution in [0.4, 0.5) is 0 Å². The molecule has 1 unspecified atom stereocenters. The standard InChI is InChI=1S/C11H19NO2/c1-4-10(7-13)12-9(3)11-6-5-8(2)14-11/h5-6,9-10,12-13H,4,7H2,1-3H3/t9?,10-/m1/s1. The van der Waals surface area contributed by atoms with E-state index in [4.69, 9.17) is 9.52 Å². The largest absolute Gasteiger partial charge is 0.465 e. The molecule has 1 aromatic heterocycles. The minimum atomic E-state index is 0.149. The van der Waals surface area contributed by atoms with Crippen molar-refractivity contribution in [2.24, 2.45) is 0 Å². The Bertz CT molecular complexity index is 266. The second-order valence-electron chi connectivity index (χ2n) is 3.62. The van der Waals surface area contributed by atoms with Gasteiger partial charge in [-0.2, -0.15) is 0 Å². The molecule has 14 heavy (non-hydrogen) atoms. The fourth-order valence-corrected chi connectivity index (χ4v) is 1.42. The number of rotatable bonds is 5. The SMILES string of the molecule is CC[C@H](CO)NC(C)c1ccc(C)o1. The van der Waals surface area contributed by atoms with Crippen LogP contribution in [0.5, 0.6) is 0 Å². The molecular formula is C11H19NO2. The first-order valence-electron chi connectivity index (χ1n) is 5.10. The number of aliphatic hydroxyl groups excluding tert-OH is 1. The lowest BCUT2D eigenvalue weighted by molar-refractivity contribution is 0.225. The molecular weight excluding hydrogens is 178 g/mol. The van der Waals surface area contributed by atoms with Crippen LogP contribution in [0.3, 0.4) is 0 Å². The highest BCUT2D eigenvalue weighted by molar-refractivity contribution is 5.09. The quantitative estimate of drug-likeness (QED) is 0.759. The minimum absolute atomic E-state index is 0.149. The predicted octanol–water partition coefficient (Wildman–Crippen LogP) is 2.01. The fraction of sp³-hybridized carbons (Fsp3) is 0.636. The van der Waals surface area contributed by atoms with Gasteiger partial charge in [-0.15, -0.1) is 0 Å². The Kier molecular flexibility index (Phi) is 4.17. The molecule has 0 saturated heterocycles. The van der Waals surface area contributed by atoms with E-state index < -0.39 is 0 Å². The van der Waals surface area contributed by atoms with Crippen LogP contribution in [-0.4, -0.2) is 17.8 Å². The monoisotopic (exact) mass is 197 g/mol. The van der Waals surface area contributed by atoms with Crippen molar-refractivity contribution in [1.82, 2.24) is 5.32 Å². The van der Waals surface area contributed by atoms with Crippen molar-refractivity contribution >= 4 is 0 Å². The molecule has 1 rings (SSSR count). The second-order valence-corrected chi connectivity index (χ2v) is 3.62. The van der Waals surface area contributed by atoms with Gasteiger partial charge in [-0.1, -0.05) is 6.92 Å². The third-order valence-electron chi connectivity index (χ3n) is 2.39. The molecule has 0 aliphatic rings. The number of aliphatic hydroxyl groups is 1. The highest BCUT2D eigenvalue weighted by Crippen LogP contribution is 2.16. The summed E-state index contributed by atoms with van der Waals surface area (Å²) in [6.07, 6.45) is 0.917. The smallest absolute Gasteiger partial charge is 0.120 e. The van der Waals surface area contributed by atoms with Crippen molar-refractivity contribution in [2.45, 2.75) is 39.3 Å². The summed E-state index contributed by atoms with van der Waals surface area (Å²) in [5.41, 5.74) is 0. The zero-order chi connectivity index (χ0) is 10.6. The summed E-state index contributed by atoms with van der Waals surface area (Å²) in [5.74, 6) is 1.85. The van der Waals surface area contributed by atoms with Crippen LogP contribution < -0.4 is 5.32 Å². The molecule has 0 aromatic carbocycles. The van der Waals surface area contributed by atoms with Gasteiger partial charge in [0.1, 0.15) is 11.5 Å². The van der Waals surface area contributed by atoms with Crippen molar-refractivity contribution in [1.29, 1.82) is 0 Å². The van der Waals surface area contributed by atoms with E-state index in [9.17, 15) is 0 Å². The zero-order valence-corrected chi connectivity index (χ0v) is 9.08. The van der Waals surface area contributed by atoms with Gasteiger partial charge >= 0.3 is 0 Å². The molecule has 2 N–H and O–H groups in total. The molecule has 0 fully saturated rings. The normalized spacial score (nSPS) is 15.4. The molecule has 0 bridgehead atoms. The molecule has 80 valence electrons. The van der Waals surface area contributed by atoms with E-state index in [0.29, 0.717) is 0 Å². The van der Waals surface area contributed by atoms with Crippen LogP contribution in [0.2, 0.25) is 0 Å². The first-order valence-corrected chi connectivity index (χ1v) is 5.10. The summed E-state index contributed by atoms with van der Waals surface area (Å²) in [7, 11) is 0. The van der Waals surface area contributed by atoms with Crippen molar-refractivity contribution in [2.75, 3.05) is 6.61 Å². The van der Waals surface area contributed by atoms with Crippen LogP contribution in [-0.2, 0) is 0 Å². The zero-order valence-electron chi connectivity index (χ0n) is 9.08. The van der Waals surface area contributed by atoms with E-state index in [0.717, 1.165) is 17.9 Å². The van der Waals surface area contributed by atoms with Crippen LogP contribution in [0.15, 0.2) is 16.5 Å². The summed E-state index contributed by atoms with van der Waals surface area (Å²) in [5, 5.41) is 12.3. The van der Waals surface area contributed by atoms with Crippen LogP contribution >= 0.6 is 0 Å². The summed E-state index contributed by atoms with van der Waals surface area (Å²) < 4.78 is 5.49. The van der Waals surface area contributed by atoms with Crippen molar-refractivity contribution in [3.05, 3.63) is 23.7 Å². The van der Waals surface area contributed by atoms with Gasteiger partial charge in [0.2, 0.25) is 0 Å². The molecule has 3 heteroatoms. The lowest BCUT2D eigenvalue weighted by Crippen LogP contribution is -2.33. The number of hydrogen-bond acceptors (Lipinski definition) is 3. The van der Waals surface area contributed by atoms with Gasteiger partial charge in [-0.25, -0.2) is 0 Å². The molecule has 0 amide bonds. The lowest BCUT2D eigenvalue weighted by Gasteiger charge is -2.18. The van der Waals surface area contributed by atoms with Gasteiger partial charge in [0, 0.05) is 6.04 Å². The highest BCUT2D eigenvalue weighted by Gasteiger charge is 2.13. The maximum absolute atomic E-state index is 9.03. The third-order valence-corrected chi connectivity index (χ3v) is 2.39. The van der Waals surface area contributed by atoms with Gasteiger partial charge in [0.05, 0.1) is 12.6 Å². The van der Waals surface area contributed by atoms with E-state index >= 15 is 0 Å². The van der Waals surface area contributed by atoms with E-state index in [1.54, 1.807) is 0 Å². The second kappa shape index (κ2) is 5.17. The maximum atomic E-state index is 9.03. The molecule has 0 aliphatic carbocycles. The van der Waals surface area contributed by atoms with E-state index in [-0.39, 0.29) is 18.7 Å². The minimum Gasteiger partial charge on any atom is -0.465 e. The van der Waals surface area contributed by atoms with Crippen LogP contribution in [0.25, 0.3) is 0 Å². The van der Waals surface area contributed by atoms with E-state index in [2.05, 4.69) is 5.32 Å². The first-order chi connectivity index (χ1) is 6.67. The van der Waals surface area contributed by atoms with Gasteiger partial charge in [-0.05, 0) is 32.4 Å². The molecule has 1 aromatic rings. The highest BCUT2D eigenvalue weighted by atomic mass is 16.3. The third kappa shape index (κ3) is 2.86. The topological polar surface area (TPSA) is 45.4 Å². The number of aryl methyl sites for hydroxylation is 1. The van der Waals surface area contributed by atoms with Gasteiger partial charge < -0.3 is 14.8 Å². The van der Waals surface area contributed by atoms with Crippen LogP contribution in [0, 0.1) is 6.92 Å². The molecule has 3 nitrogen and oxygen atoms in total. The fourth-order valence-electron chi connectivity index (χ4n) is 1.42. The first kappa shape index (κ1) is 11.3. The lowest BCUT2D eigenvalue weighted by atomic mass is 10.2. The summed E-state index contributed by atoms with van der Waals surface area (Å²) in [6.45, 7) is 6.19. The molecule has 0 spiro atoms. The Labute approximate surface area is 85.1 Å². The number of hydrogen-bond donors (Lipinski definition) is 2. The Hall–Kier alpha value is -0.800. The molecule has 0 aliphatic heterocycles. The molecule has 0 radical (unpaired) electrons. The Morgan fingerprint density at radius 1 is 1.50 bits per heavy atom. The molecule has 2 atom stereocenters.